The third kappa shape index (κ3) is 2.39. The summed E-state index contributed by atoms with van der Waals surface area (Å²) in [6.07, 6.45) is 2.52. The Kier molecular flexibility index (Phi) is 3.41. The highest BCUT2D eigenvalue weighted by Gasteiger charge is 2.29. The molecule has 100 valence electrons. The molecule has 1 aromatic heterocycles. The first-order valence-corrected chi connectivity index (χ1v) is 6.01. The summed E-state index contributed by atoms with van der Waals surface area (Å²) in [6, 6.07) is 0. The first kappa shape index (κ1) is 13.0. The lowest BCUT2D eigenvalue weighted by atomic mass is 10.0. The second kappa shape index (κ2) is 4.70. The fraction of sp³-hybridized carbons (Fsp3) is 0.667. The standard InChI is InChI=1S/C12H19N3O3/c1-12(4-5-18-8-12)13-6-9-7-14(2)11(17)15(3)10(9)16/h7,13H,4-6,8H2,1-3H3. The topological polar surface area (TPSA) is 65.3 Å². The molecule has 1 aliphatic rings. The normalized spacial score (nSPS) is 23.5. The number of hydrogen-bond acceptors (Lipinski definition) is 4. The molecule has 0 aliphatic carbocycles. The van der Waals surface area contributed by atoms with Crippen molar-refractivity contribution in [3.8, 4) is 0 Å². The molecular weight excluding hydrogens is 234 g/mol. The van der Waals surface area contributed by atoms with Gasteiger partial charge in [-0.2, -0.15) is 0 Å². The predicted octanol–water partition coefficient (Wildman–Crippen LogP) is -0.647. The summed E-state index contributed by atoms with van der Waals surface area (Å²) in [7, 11) is 3.14. The molecule has 0 bridgehead atoms. The van der Waals surface area contributed by atoms with E-state index in [1.165, 1.54) is 11.6 Å². The molecule has 1 unspecified atom stereocenters. The quantitative estimate of drug-likeness (QED) is 0.777. The van der Waals surface area contributed by atoms with E-state index in [1.807, 2.05) is 0 Å². The molecule has 0 spiro atoms. The Hall–Kier alpha value is -1.40. The van der Waals surface area contributed by atoms with E-state index in [0.29, 0.717) is 18.7 Å². The van der Waals surface area contributed by atoms with Gasteiger partial charge in [-0.05, 0) is 13.3 Å². The first-order valence-electron chi connectivity index (χ1n) is 6.01. The van der Waals surface area contributed by atoms with Crippen molar-refractivity contribution in [1.29, 1.82) is 0 Å². The van der Waals surface area contributed by atoms with Crippen LogP contribution in [0.4, 0.5) is 0 Å². The van der Waals surface area contributed by atoms with Gasteiger partial charge >= 0.3 is 5.69 Å². The number of nitrogens with zero attached hydrogens (tertiary/aromatic N) is 2. The fourth-order valence-corrected chi connectivity index (χ4v) is 2.12. The Morgan fingerprint density at radius 2 is 2.17 bits per heavy atom. The van der Waals surface area contributed by atoms with Crippen LogP contribution >= 0.6 is 0 Å². The maximum atomic E-state index is 11.9. The lowest BCUT2D eigenvalue weighted by Crippen LogP contribution is -2.45. The second-order valence-corrected chi connectivity index (χ2v) is 5.13. The highest BCUT2D eigenvalue weighted by molar-refractivity contribution is 5.06. The molecule has 1 atom stereocenters. The lowest BCUT2D eigenvalue weighted by Gasteiger charge is -2.23. The smallest absolute Gasteiger partial charge is 0.330 e. The summed E-state index contributed by atoms with van der Waals surface area (Å²) in [5.41, 5.74) is -0.0419. The molecule has 1 aliphatic heterocycles. The van der Waals surface area contributed by atoms with E-state index < -0.39 is 0 Å². The molecule has 1 saturated heterocycles. The van der Waals surface area contributed by atoms with Crippen LogP contribution in [0.2, 0.25) is 0 Å². The fourth-order valence-electron chi connectivity index (χ4n) is 2.12. The Balaban J connectivity index is 2.20. The summed E-state index contributed by atoms with van der Waals surface area (Å²) >= 11 is 0. The molecule has 0 aromatic carbocycles. The van der Waals surface area contributed by atoms with Crippen molar-refractivity contribution < 1.29 is 4.74 Å². The zero-order valence-electron chi connectivity index (χ0n) is 11.0. The Morgan fingerprint density at radius 3 is 2.78 bits per heavy atom. The molecule has 2 heterocycles. The van der Waals surface area contributed by atoms with Crippen molar-refractivity contribution >= 4 is 0 Å². The highest BCUT2D eigenvalue weighted by Crippen LogP contribution is 2.17. The van der Waals surface area contributed by atoms with Crippen molar-refractivity contribution in [2.75, 3.05) is 13.2 Å². The third-order valence-corrected chi connectivity index (χ3v) is 3.44. The summed E-state index contributed by atoms with van der Waals surface area (Å²) < 4.78 is 7.90. The minimum atomic E-state index is -0.306. The largest absolute Gasteiger partial charge is 0.379 e. The van der Waals surface area contributed by atoms with Gasteiger partial charge in [0.15, 0.2) is 0 Å². The molecule has 0 amide bonds. The zero-order chi connectivity index (χ0) is 13.3. The highest BCUT2D eigenvalue weighted by atomic mass is 16.5. The van der Waals surface area contributed by atoms with Crippen LogP contribution in [0.25, 0.3) is 0 Å². The van der Waals surface area contributed by atoms with Gasteiger partial charge in [-0.3, -0.25) is 9.36 Å². The van der Waals surface area contributed by atoms with Crippen LogP contribution in [0.3, 0.4) is 0 Å². The monoisotopic (exact) mass is 253 g/mol. The molecule has 0 radical (unpaired) electrons. The second-order valence-electron chi connectivity index (χ2n) is 5.13. The molecule has 0 saturated carbocycles. The number of nitrogens with one attached hydrogen (secondary N) is 1. The van der Waals surface area contributed by atoms with E-state index in [0.717, 1.165) is 17.6 Å². The average Bonchev–Trinajstić information content (AvgIpc) is 2.77. The Morgan fingerprint density at radius 1 is 1.44 bits per heavy atom. The van der Waals surface area contributed by atoms with Gasteiger partial charge in [0.1, 0.15) is 0 Å². The number of ether oxygens (including phenoxy) is 1. The van der Waals surface area contributed by atoms with Gasteiger partial charge in [0.2, 0.25) is 0 Å². The maximum absolute atomic E-state index is 11.9. The number of aromatic nitrogens is 2. The molecule has 6 heteroatoms. The van der Waals surface area contributed by atoms with Gasteiger partial charge in [0, 0.05) is 44.5 Å². The van der Waals surface area contributed by atoms with E-state index >= 15 is 0 Å². The van der Waals surface area contributed by atoms with E-state index in [2.05, 4.69) is 12.2 Å². The summed E-state index contributed by atoms with van der Waals surface area (Å²) in [5, 5.41) is 3.34. The average molecular weight is 253 g/mol. The number of rotatable bonds is 3. The summed E-state index contributed by atoms with van der Waals surface area (Å²) in [4.78, 5) is 23.5. The summed E-state index contributed by atoms with van der Waals surface area (Å²) in [5.74, 6) is 0. The van der Waals surface area contributed by atoms with Crippen LogP contribution in [0.1, 0.15) is 18.9 Å². The number of hydrogen-bond donors (Lipinski definition) is 1. The molecule has 6 nitrogen and oxygen atoms in total. The predicted molar refractivity (Wildman–Crippen MR) is 67.6 cm³/mol. The van der Waals surface area contributed by atoms with Crippen molar-refractivity contribution in [3.63, 3.8) is 0 Å². The Labute approximate surface area is 105 Å². The molecule has 1 aromatic rings. The van der Waals surface area contributed by atoms with Gasteiger partial charge in [-0.1, -0.05) is 0 Å². The van der Waals surface area contributed by atoms with Gasteiger partial charge in [-0.15, -0.1) is 0 Å². The first-order chi connectivity index (χ1) is 8.43. The van der Waals surface area contributed by atoms with Crippen LogP contribution in [0, 0.1) is 0 Å². The minimum absolute atomic E-state index is 0.0836. The van der Waals surface area contributed by atoms with Crippen LogP contribution in [-0.4, -0.2) is 27.9 Å². The summed E-state index contributed by atoms with van der Waals surface area (Å²) in [6.45, 7) is 3.92. The third-order valence-electron chi connectivity index (χ3n) is 3.44. The van der Waals surface area contributed by atoms with Crippen LogP contribution in [0.5, 0.6) is 0 Å². The molecule has 18 heavy (non-hydrogen) atoms. The van der Waals surface area contributed by atoms with Gasteiger partial charge in [0.05, 0.1) is 6.61 Å². The van der Waals surface area contributed by atoms with Crippen LogP contribution in [-0.2, 0) is 25.4 Å². The van der Waals surface area contributed by atoms with E-state index in [9.17, 15) is 9.59 Å². The van der Waals surface area contributed by atoms with Crippen molar-refractivity contribution in [3.05, 3.63) is 32.6 Å². The van der Waals surface area contributed by atoms with E-state index in [4.69, 9.17) is 4.74 Å². The number of aryl methyl sites for hydroxylation is 1. The van der Waals surface area contributed by atoms with Crippen molar-refractivity contribution in [2.24, 2.45) is 14.1 Å². The molecule has 1 fully saturated rings. The van der Waals surface area contributed by atoms with E-state index in [-0.39, 0.29) is 16.8 Å². The Bertz CT molecular complexity index is 553. The van der Waals surface area contributed by atoms with Crippen LogP contribution in [0.15, 0.2) is 15.8 Å². The van der Waals surface area contributed by atoms with E-state index in [1.54, 1.807) is 13.2 Å². The van der Waals surface area contributed by atoms with Gasteiger partial charge < -0.3 is 14.6 Å². The minimum Gasteiger partial charge on any atom is -0.379 e. The molecule has 2 rings (SSSR count). The van der Waals surface area contributed by atoms with Crippen LogP contribution < -0.4 is 16.6 Å². The van der Waals surface area contributed by atoms with Crippen molar-refractivity contribution in [1.82, 2.24) is 14.5 Å². The lowest BCUT2D eigenvalue weighted by molar-refractivity contribution is 0.171. The molecule has 1 N–H and O–H groups in total. The maximum Gasteiger partial charge on any atom is 0.330 e. The van der Waals surface area contributed by atoms with Crippen molar-refractivity contribution in [2.45, 2.75) is 25.4 Å². The zero-order valence-corrected chi connectivity index (χ0v) is 11.0. The van der Waals surface area contributed by atoms with Gasteiger partial charge in [-0.25, -0.2) is 4.79 Å². The SMILES string of the molecule is Cn1cc(CNC2(C)CCOC2)c(=O)n(C)c1=O. The van der Waals surface area contributed by atoms with Gasteiger partial charge in [0.25, 0.3) is 5.56 Å². The molecular formula is C12H19N3O3.